The first-order valence-electron chi connectivity index (χ1n) is 13.1. The molecule has 1 N–H and O–H groups in total. The van der Waals surface area contributed by atoms with Gasteiger partial charge in [-0.15, -0.1) is 0 Å². The molecule has 1 saturated heterocycles. The Kier molecular flexibility index (Phi) is 12.3. The number of unbranched alkanes of at least 4 members (excludes halogenated alkanes) is 3. The van der Waals surface area contributed by atoms with Crippen LogP contribution in [0.1, 0.15) is 69.8 Å². The number of hydrogen-bond acceptors (Lipinski definition) is 6. The number of morpholine rings is 1. The fraction of sp³-hybridized carbons (Fsp3) is 0.692. The molecule has 8 nitrogen and oxygen atoms in total. The quantitative estimate of drug-likeness (QED) is 0.223. The first-order valence-corrected chi connectivity index (χ1v) is 14.2. The molecule has 0 aromatic carbocycles. The van der Waals surface area contributed by atoms with Crippen LogP contribution in [0.2, 0.25) is 0 Å². The molecule has 2 aliphatic rings. The topological polar surface area (TPSA) is 97.8 Å². The largest absolute Gasteiger partial charge is 0.760 e. The van der Waals surface area contributed by atoms with Gasteiger partial charge in [0.1, 0.15) is 0 Å². The second-order valence-corrected chi connectivity index (χ2v) is 10.5. The van der Waals surface area contributed by atoms with E-state index in [-0.39, 0.29) is 11.4 Å². The van der Waals surface area contributed by atoms with E-state index in [1.54, 1.807) is 22.8 Å². The number of ether oxygens (including phenoxy) is 1. The molecule has 1 atom stereocenters. The molecule has 1 amide bonds. The van der Waals surface area contributed by atoms with Crippen molar-refractivity contribution in [2.75, 3.05) is 45.9 Å². The normalized spacial score (nSPS) is 19.4. The Hall–Kier alpha value is -1.65. The van der Waals surface area contributed by atoms with Gasteiger partial charge < -0.3 is 14.6 Å². The number of carbonyl (C=O) groups is 1. The van der Waals surface area contributed by atoms with Crippen molar-refractivity contribution in [2.24, 2.45) is 0 Å². The molecule has 1 aromatic rings. The summed E-state index contributed by atoms with van der Waals surface area (Å²) in [6, 6.07) is 3.73. The number of amides is 1. The lowest BCUT2D eigenvalue weighted by Gasteiger charge is -2.43. The highest BCUT2D eigenvalue weighted by Crippen LogP contribution is 2.40. The highest BCUT2D eigenvalue weighted by atomic mass is 32.2. The zero-order valence-corrected chi connectivity index (χ0v) is 21.7. The minimum Gasteiger partial charge on any atom is -0.760 e. The Bertz CT molecular complexity index is 796. The molecule has 2 heterocycles. The molecule has 0 radical (unpaired) electrons. The molecule has 1 aromatic heterocycles. The van der Waals surface area contributed by atoms with Gasteiger partial charge in [-0.2, -0.15) is 0 Å². The van der Waals surface area contributed by atoms with Crippen molar-refractivity contribution in [2.45, 2.75) is 69.7 Å². The second-order valence-electron chi connectivity index (χ2n) is 9.63. The van der Waals surface area contributed by atoms with Gasteiger partial charge in [-0.3, -0.25) is 18.9 Å². The van der Waals surface area contributed by atoms with Crippen molar-refractivity contribution in [3.05, 3.63) is 36.2 Å². The zero-order chi connectivity index (χ0) is 24.8. The molecule has 0 spiro atoms. The van der Waals surface area contributed by atoms with Crippen LogP contribution in [0.15, 0.2) is 30.6 Å². The van der Waals surface area contributed by atoms with E-state index in [4.69, 9.17) is 4.74 Å². The predicted octanol–water partition coefficient (Wildman–Crippen LogP) is 3.29. The van der Waals surface area contributed by atoms with Gasteiger partial charge in [-0.1, -0.05) is 31.7 Å². The first-order chi connectivity index (χ1) is 17.1. The fourth-order valence-electron chi connectivity index (χ4n) is 5.23. The van der Waals surface area contributed by atoms with E-state index in [1.165, 1.54) is 6.08 Å². The van der Waals surface area contributed by atoms with Gasteiger partial charge in [0.2, 0.25) is 5.91 Å². The molecule has 1 unspecified atom stereocenters. The number of aromatic nitrogens is 1. The van der Waals surface area contributed by atoms with Crippen molar-refractivity contribution in [1.29, 1.82) is 0 Å². The molecule has 9 heteroatoms. The summed E-state index contributed by atoms with van der Waals surface area (Å²) >= 11 is -2.19. The van der Waals surface area contributed by atoms with Crippen molar-refractivity contribution in [3.63, 3.8) is 0 Å². The van der Waals surface area contributed by atoms with Gasteiger partial charge in [0.15, 0.2) is 0 Å². The smallest absolute Gasteiger partial charge is 0.243 e. The van der Waals surface area contributed by atoms with E-state index in [0.29, 0.717) is 13.1 Å². The minimum atomic E-state index is -2.19. The Morgan fingerprint density at radius 1 is 1.20 bits per heavy atom. The summed E-state index contributed by atoms with van der Waals surface area (Å²) in [5.41, 5.74) is 0.692. The summed E-state index contributed by atoms with van der Waals surface area (Å²) in [5, 5.41) is 2.90. The highest BCUT2D eigenvalue weighted by Gasteiger charge is 2.39. The van der Waals surface area contributed by atoms with Gasteiger partial charge in [-0.25, -0.2) is 4.31 Å². The van der Waals surface area contributed by atoms with E-state index in [0.717, 1.165) is 103 Å². The molecule has 196 valence electrons. The summed E-state index contributed by atoms with van der Waals surface area (Å²) in [7, 11) is 0. The van der Waals surface area contributed by atoms with Gasteiger partial charge >= 0.3 is 0 Å². The van der Waals surface area contributed by atoms with E-state index in [9.17, 15) is 13.6 Å². The summed E-state index contributed by atoms with van der Waals surface area (Å²) < 4.78 is 31.6. The Labute approximate surface area is 212 Å². The van der Waals surface area contributed by atoms with Crippen LogP contribution in [0.25, 0.3) is 6.08 Å². The summed E-state index contributed by atoms with van der Waals surface area (Å²) in [5.74, 6) is -0.109. The monoisotopic (exact) mass is 505 g/mol. The van der Waals surface area contributed by atoms with Gasteiger partial charge in [0, 0.05) is 61.5 Å². The van der Waals surface area contributed by atoms with Gasteiger partial charge in [0.05, 0.1) is 13.2 Å². The van der Waals surface area contributed by atoms with Crippen LogP contribution < -0.4 is 5.32 Å². The number of rotatable bonds is 15. The summed E-state index contributed by atoms with van der Waals surface area (Å²) in [4.78, 5) is 18.4. The van der Waals surface area contributed by atoms with Crippen LogP contribution >= 0.6 is 0 Å². The third kappa shape index (κ3) is 9.73. The van der Waals surface area contributed by atoms with Crippen LogP contribution in [0.3, 0.4) is 0 Å². The Balaban J connectivity index is 1.33. The number of nitrogens with zero attached hydrogens (tertiary/aromatic N) is 3. The zero-order valence-electron chi connectivity index (χ0n) is 20.9. The average Bonchev–Trinajstić information content (AvgIpc) is 3.35. The predicted molar refractivity (Wildman–Crippen MR) is 138 cm³/mol. The lowest BCUT2D eigenvalue weighted by Crippen LogP contribution is -2.48. The molecule has 0 bridgehead atoms. The van der Waals surface area contributed by atoms with E-state index < -0.39 is 11.3 Å². The molecular formula is C26H41N4O4S-. The van der Waals surface area contributed by atoms with E-state index in [1.807, 2.05) is 12.1 Å². The van der Waals surface area contributed by atoms with Crippen LogP contribution in [-0.2, 0) is 20.8 Å². The summed E-state index contributed by atoms with van der Waals surface area (Å²) in [6.45, 7) is 5.79. The number of carbonyl (C=O) groups excluding carboxylic acids is 1. The van der Waals surface area contributed by atoms with Crippen LogP contribution in [-0.4, -0.2) is 80.3 Å². The fourth-order valence-corrected chi connectivity index (χ4v) is 6.10. The summed E-state index contributed by atoms with van der Waals surface area (Å²) in [6.07, 6.45) is 16.5. The average molecular weight is 506 g/mol. The Morgan fingerprint density at radius 3 is 2.69 bits per heavy atom. The van der Waals surface area contributed by atoms with Crippen LogP contribution in [0.5, 0.6) is 0 Å². The maximum absolute atomic E-state index is 12.2. The molecule has 1 aliphatic carbocycles. The maximum Gasteiger partial charge on any atom is 0.243 e. The van der Waals surface area contributed by atoms with Gasteiger partial charge in [0.25, 0.3) is 0 Å². The van der Waals surface area contributed by atoms with E-state index >= 15 is 0 Å². The second kappa shape index (κ2) is 15.5. The number of nitrogens with one attached hydrogen (secondary N) is 1. The first kappa shape index (κ1) is 27.9. The Morgan fingerprint density at radius 2 is 1.97 bits per heavy atom. The molecular weight excluding hydrogens is 464 g/mol. The lowest BCUT2D eigenvalue weighted by atomic mass is 9.91. The van der Waals surface area contributed by atoms with Crippen LogP contribution in [0, 0.1) is 0 Å². The number of pyridine rings is 1. The van der Waals surface area contributed by atoms with Crippen molar-refractivity contribution >= 4 is 23.2 Å². The minimum absolute atomic E-state index is 0.109. The lowest BCUT2D eigenvalue weighted by molar-refractivity contribution is -0.116. The standard InChI is InChI=1S/C26H42N4O4S/c31-25(11-10-24-9-7-15-27-23-24)28-16-5-1-2-6-18-30(35(32)33)26(12-3-4-13-26)14-8-17-29-19-21-34-22-20-29/h7,9-11,15,23H,1-6,8,12-14,16-22H2,(H,28,31)(H,32,33)/p-1/b11-10+. The molecule has 1 aliphatic heterocycles. The van der Waals surface area contributed by atoms with Gasteiger partial charge in [-0.05, 0) is 62.8 Å². The third-order valence-corrected chi connectivity index (χ3v) is 8.09. The number of hydrogen-bond donors (Lipinski definition) is 1. The molecule has 3 rings (SSSR count). The molecule has 2 fully saturated rings. The van der Waals surface area contributed by atoms with Crippen molar-refractivity contribution < 1.29 is 18.3 Å². The van der Waals surface area contributed by atoms with Crippen LogP contribution in [0.4, 0.5) is 0 Å². The molecule has 35 heavy (non-hydrogen) atoms. The van der Waals surface area contributed by atoms with Crippen molar-refractivity contribution in [1.82, 2.24) is 19.5 Å². The maximum atomic E-state index is 12.2. The van der Waals surface area contributed by atoms with Crippen molar-refractivity contribution in [3.8, 4) is 0 Å². The molecule has 1 saturated carbocycles. The third-order valence-electron chi connectivity index (χ3n) is 7.16. The SMILES string of the molecule is O=C(/C=C/c1cccnc1)NCCCCCCN(S(=O)[O-])C1(CCCN2CCOCC2)CCCC1. The van der Waals surface area contributed by atoms with E-state index in [2.05, 4.69) is 15.2 Å². The highest BCUT2D eigenvalue weighted by molar-refractivity contribution is 7.76.